The maximum atomic E-state index is 13.6. The Morgan fingerprint density at radius 2 is 1.88 bits per heavy atom. The highest BCUT2D eigenvalue weighted by Crippen LogP contribution is 2.39. The van der Waals surface area contributed by atoms with E-state index in [-0.39, 0.29) is 11.9 Å². The van der Waals surface area contributed by atoms with Crippen LogP contribution in [0.3, 0.4) is 0 Å². The van der Waals surface area contributed by atoms with Crippen molar-refractivity contribution in [3.8, 4) is 22.6 Å². The summed E-state index contributed by atoms with van der Waals surface area (Å²) in [5.74, 6) is 1.89. The molecule has 32 heavy (non-hydrogen) atoms. The van der Waals surface area contributed by atoms with Crippen molar-refractivity contribution < 1.29 is 4.39 Å². The van der Waals surface area contributed by atoms with Gasteiger partial charge in [-0.3, -0.25) is 0 Å². The highest BCUT2D eigenvalue weighted by molar-refractivity contribution is 5.78. The molecule has 0 saturated carbocycles. The van der Waals surface area contributed by atoms with E-state index in [0.29, 0.717) is 11.9 Å². The molecule has 6 nitrogen and oxygen atoms in total. The number of benzene rings is 1. The molecular formula is C25H27FN6. The minimum atomic E-state index is -0.255. The van der Waals surface area contributed by atoms with Crippen LogP contribution >= 0.6 is 0 Å². The van der Waals surface area contributed by atoms with Crippen molar-refractivity contribution in [2.75, 3.05) is 11.9 Å². The van der Waals surface area contributed by atoms with E-state index in [9.17, 15) is 4.39 Å². The van der Waals surface area contributed by atoms with Gasteiger partial charge in [-0.2, -0.15) is 0 Å². The fraction of sp³-hybridized carbons (Fsp3) is 0.320. The van der Waals surface area contributed by atoms with Crippen molar-refractivity contribution in [1.82, 2.24) is 24.1 Å². The number of aryl methyl sites for hydroxylation is 1. The molecule has 1 aromatic carbocycles. The molecule has 0 bridgehead atoms. The minimum absolute atomic E-state index is 0.255. The zero-order valence-electron chi connectivity index (χ0n) is 18.4. The summed E-state index contributed by atoms with van der Waals surface area (Å²) >= 11 is 0. The molecule has 1 atom stereocenters. The molecule has 4 heterocycles. The van der Waals surface area contributed by atoms with Crippen LogP contribution < -0.4 is 5.32 Å². The van der Waals surface area contributed by atoms with Crippen molar-refractivity contribution >= 4 is 5.95 Å². The summed E-state index contributed by atoms with van der Waals surface area (Å²) < 4.78 is 18.1. The summed E-state index contributed by atoms with van der Waals surface area (Å²) in [6.45, 7) is 5.98. The Kier molecular flexibility index (Phi) is 5.47. The predicted octanol–water partition coefficient (Wildman–Crippen LogP) is 5.20. The van der Waals surface area contributed by atoms with E-state index < -0.39 is 0 Å². The summed E-state index contributed by atoms with van der Waals surface area (Å²) in [7, 11) is 0. The third kappa shape index (κ3) is 4.02. The first kappa shape index (κ1) is 20.4. The van der Waals surface area contributed by atoms with Gasteiger partial charge in [0, 0.05) is 43.7 Å². The first-order valence-electron chi connectivity index (χ1n) is 11.1. The summed E-state index contributed by atoms with van der Waals surface area (Å²) in [4.78, 5) is 14.2. The van der Waals surface area contributed by atoms with Gasteiger partial charge in [-0.1, -0.05) is 13.8 Å². The van der Waals surface area contributed by atoms with Gasteiger partial charge in [0.2, 0.25) is 5.95 Å². The van der Waals surface area contributed by atoms with E-state index in [0.717, 1.165) is 54.4 Å². The Morgan fingerprint density at radius 3 is 2.62 bits per heavy atom. The molecule has 0 spiro atoms. The SMILES string of the molecule is CC(C)CNc1nccc(-c2c(-c3ccc(F)cc3)nc3n2[C@H](Cn2cccc2)CC3)n1. The minimum Gasteiger partial charge on any atom is -0.354 e. The van der Waals surface area contributed by atoms with E-state index in [1.807, 2.05) is 18.2 Å². The van der Waals surface area contributed by atoms with Crippen molar-refractivity contribution in [3.05, 3.63) is 72.7 Å². The molecule has 5 rings (SSSR count). The van der Waals surface area contributed by atoms with Gasteiger partial charge >= 0.3 is 0 Å². The molecule has 0 saturated heterocycles. The second kappa shape index (κ2) is 8.57. The first-order valence-corrected chi connectivity index (χ1v) is 11.1. The Bertz CT molecular complexity index is 1190. The number of nitrogens with zero attached hydrogens (tertiary/aromatic N) is 5. The van der Waals surface area contributed by atoms with Crippen LogP contribution in [-0.2, 0) is 13.0 Å². The molecule has 0 radical (unpaired) electrons. The average molecular weight is 431 g/mol. The van der Waals surface area contributed by atoms with E-state index >= 15 is 0 Å². The number of nitrogens with one attached hydrogen (secondary N) is 1. The van der Waals surface area contributed by atoms with Gasteiger partial charge in [0.15, 0.2) is 0 Å². The van der Waals surface area contributed by atoms with E-state index in [1.54, 1.807) is 18.3 Å². The van der Waals surface area contributed by atoms with Crippen molar-refractivity contribution in [2.24, 2.45) is 5.92 Å². The van der Waals surface area contributed by atoms with Gasteiger partial charge < -0.3 is 14.5 Å². The van der Waals surface area contributed by atoms with Crippen LogP contribution in [-0.4, -0.2) is 30.6 Å². The molecule has 0 fully saturated rings. The fourth-order valence-corrected chi connectivity index (χ4v) is 4.31. The van der Waals surface area contributed by atoms with E-state index in [2.05, 4.69) is 45.7 Å². The molecule has 1 N–H and O–H groups in total. The Morgan fingerprint density at radius 1 is 1.09 bits per heavy atom. The number of fused-ring (bicyclic) bond motifs is 1. The lowest BCUT2D eigenvalue weighted by molar-refractivity contribution is 0.452. The largest absolute Gasteiger partial charge is 0.354 e. The molecule has 1 aliphatic heterocycles. The molecule has 3 aromatic heterocycles. The number of anilines is 1. The van der Waals surface area contributed by atoms with Crippen molar-refractivity contribution in [3.63, 3.8) is 0 Å². The summed E-state index contributed by atoms with van der Waals surface area (Å²) in [5.41, 5.74) is 3.52. The Labute approximate surface area is 187 Å². The summed E-state index contributed by atoms with van der Waals surface area (Å²) in [6.07, 6.45) is 7.90. The average Bonchev–Trinajstić information content (AvgIpc) is 3.51. The van der Waals surface area contributed by atoms with Gasteiger partial charge in [0.1, 0.15) is 11.6 Å². The molecule has 0 unspecified atom stereocenters. The van der Waals surface area contributed by atoms with Gasteiger partial charge in [0.05, 0.1) is 23.1 Å². The van der Waals surface area contributed by atoms with Gasteiger partial charge in [-0.05, 0) is 54.8 Å². The maximum absolute atomic E-state index is 13.6. The molecular weight excluding hydrogens is 403 g/mol. The van der Waals surface area contributed by atoms with Gasteiger partial charge in [-0.25, -0.2) is 19.3 Å². The lowest BCUT2D eigenvalue weighted by Crippen LogP contribution is -2.14. The number of hydrogen-bond donors (Lipinski definition) is 1. The predicted molar refractivity (Wildman–Crippen MR) is 124 cm³/mol. The monoisotopic (exact) mass is 430 g/mol. The topological polar surface area (TPSA) is 60.6 Å². The first-order chi connectivity index (χ1) is 15.6. The molecule has 0 amide bonds. The van der Waals surface area contributed by atoms with Crippen molar-refractivity contribution in [2.45, 2.75) is 39.3 Å². The normalized spacial score (nSPS) is 15.3. The smallest absolute Gasteiger partial charge is 0.223 e. The number of rotatable bonds is 7. The highest BCUT2D eigenvalue weighted by atomic mass is 19.1. The number of hydrogen-bond acceptors (Lipinski definition) is 4. The fourth-order valence-electron chi connectivity index (χ4n) is 4.31. The van der Waals surface area contributed by atoms with Crippen LogP contribution in [0.15, 0.2) is 61.1 Å². The summed E-state index contributed by atoms with van der Waals surface area (Å²) in [5, 5.41) is 3.32. The number of aromatic nitrogens is 5. The van der Waals surface area contributed by atoms with Gasteiger partial charge in [0.25, 0.3) is 0 Å². The highest BCUT2D eigenvalue weighted by Gasteiger charge is 2.31. The van der Waals surface area contributed by atoms with Crippen LogP contribution in [0.5, 0.6) is 0 Å². The van der Waals surface area contributed by atoms with E-state index in [1.165, 1.54) is 12.1 Å². The van der Waals surface area contributed by atoms with Crippen LogP contribution in [0.25, 0.3) is 22.6 Å². The molecule has 0 aliphatic carbocycles. The lowest BCUT2D eigenvalue weighted by Gasteiger charge is -2.18. The van der Waals surface area contributed by atoms with Crippen LogP contribution in [0.2, 0.25) is 0 Å². The molecule has 1 aliphatic rings. The quantitative estimate of drug-likeness (QED) is 0.438. The Balaban J connectivity index is 1.61. The number of halogens is 1. The van der Waals surface area contributed by atoms with Gasteiger partial charge in [-0.15, -0.1) is 0 Å². The standard InChI is InChI=1S/C25H27FN6/c1-17(2)15-28-25-27-12-11-21(29-25)24-23(18-5-7-19(26)8-6-18)30-22-10-9-20(32(22)24)16-31-13-3-4-14-31/h3-8,11-14,17,20H,9-10,15-16H2,1-2H3,(H,27,28,29)/t20-/m0/s1. The van der Waals surface area contributed by atoms with Crippen LogP contribution in [0, 0.1) is 11.7 Å². The van der Waals surface area contributed by atoms with Crippen LogP contribution in [0.1, 0.15) is 32.1 Å². The van der Waals surface area contributed by atoms with Crippen LogP contribution in [0.4, 0.5) is 10.3 Å². The lowest BCUT2D eigenvalue weighted by atomic mass is 10.1. The second-order valence-corrected chi connectivity index (χ2v) is 8.71. The third-order valence-electron chi connectivity index (χ3n) is 5.82. The molecule has 164 valence electrons. The third-order valence-corrected chi connectivity index (χ3v) is 5.82. The number of imidazole rings is 1. The summed E-state index contributed by atoms with van der Waals surface area (Å²) in [6, 6.07) is 12.8. The molecule has 4 aromatic rings. The zero-order valence-corrected chi connectivity index (χ0v) is 18.4. The zero-order chi connectivity index (χ0) is 22.1. The maximum Gasteiger partial charge on any atom is 0.223 e. The molecule has 7 heteroatoms. The van der Waals surface area contributed by atoms with Crippen molar-refractivity contribution in [1.29, 1.82) is 0 Å². The second-order valence-electron chi connectivity index (χ2n) is 8.71. The van der Waals surface area contributed by atoms with E-state index in [4.69, 9.17) is 9.97 Å². The Hall–Kier alpha value is -3.48.